The molecule has 12 heteroatoms. The molecule has 0 spiro atoms. The van der Waals surface area contributed by atoms with Crippen molar-refractivity contribution >= 4 is 29.1 Å². The molecule has 1 saturated heterocycles. The zero-order chi connectivity index (χ0) is 25.1. The van der Waals surface area contributed by atoms with Crippen LogP contribution in [-0.4, -0.2) is 66.0 Å². The van der Waals surface area contributed by atoms with E-state index in [1.165, 1.54) is 10.9 Å². The number of benzene rings is 2. The second-order valence-corrected chi connectivity index (χ2v) is 8.18. The summed E-state index contributed by atoms with van der Waals surface area (Å²) in [4.78, 5) is 12.5. The van der Waals surface area contributed by atoms with Crippen LogP contribution in [0.4, 0.5) is 11.8 Å². The van der Waals surface area contributed by atoms with Crippen molar-refractivity contribution in [3.05, 3.63) is 72.1 Å². The van der Waals surface area contributed by atoms with Crippen molar-refractivity contribution in [1.82, 2.24) is 19.5 Å². The Morgan fingerprint density at radius 1 is 1.08 bits per heavy atom. The van der Waals surface area contributed by atoms with Crippen molar-refractivity contribution < 1.29 is 24.8 Å². The number of fused-ring (bicyclic) bond motifs is 1. The molecule has 1 aliphatic heterocycles. The number of nitrogens with one attached hydrogen (secondary N) is 1. The number of nitrogens with zero attached hydrogens (tertiary/aromatic N) is 5. The van der Waals surface area contributed by atoms with Gasteiger partial charge in [-0.3, -0.25) is 4.57 Å². The topological polar surface area (TPSA) is 173 Å². The van der Waals surface area contributed by atoms with Crippen molar-refractivity contribution in [2.75, 3.05) is 17.8 Å². The lowest BCUT2D eigenvalue weighted by Crippen LogP contribution is -2.33. The lowest BCUT2D eigenvalue weighted by molar-refractivity contribution is -0.0501. The maximum atomic E-state index is 10.5. The normalized spacial score (nSPS) is 21.9. The quantitative estimate of drug-likeness (QED) is 0.177. The highest BCUT2D eigenvalue weighted by molar-refractivity contribution is 5.84. The maximum Gasteiger partial charge on any atom is 0.228 e. The average molecular weight is 492 g/mol. The third kappa shape index (κ3) is 4.70. The van der Waals surface area contributed by atoms with Crippen LogP contribution < -0.4 is 15.9 Å². The number of anilines is 2. The highest BCUT2D eigenvalue weighted by Crippen LogP contribution is 2.35. The van der Waals surface area contributed by atoms with Crippen molar-refractivity contribution in [2.24, 2.45) is 5.10 Å². The summed E-state index contributed by atoms with van der Waals surface area (Å²) in [6, 6.07) is 17.3. The van der Waals surface area contributed by atoms with Gasteiger partial charge in [0.1, 0.15) is 37.0 Å². The number of aliphatic hydroxyl groups excluding tert-OH is 3. The van der Waals surface area contributed by atoms with E-state index < -0.39 is 31.1 Å². The molecule has 0 saturated carbocycles. The highest BCUT2D eigenvalue weighted by Gasteiger charge is 2.45. The minimum Gasteiger partial charge on any atom is -0.489 e. The number of nitrogens with two attached hydrogens (primary N) is 1. The summed E-state index contributed by atoms with van der Waals surface area (Å²) < 4.78 is 12.9. The van der Waals surface area contributed by atoms with Gasteiger partial charge in [-0.2, -0.15) is 5.10 Å². The number of rotatable bonds is 8. The molecule has 0 bridgehead atoms. The number of aliphatic hydroxyl groups is 3. The molecule has 6 N–H and O–H groups in total. The van der Waals surface area contributed by atoms with Crippen molar-refractivity contribution in [1.29, 1.82) is 0 Å². The summed E-state index contributed by atoms with van der Waals surface area (Å²) in [6.45, 7) is 0.00342. The number of imidazole rings is 1. The number of hydrogen-bond donors (Lipinski definition) is 5. The van der Waals surface area contributed by atoms with E-state index in [0.717, 1.165) is 16.9 Å². The molecule has 4 aromatic rings. The molecule has 12 nitrogen and oxygen atoms in total. The first-order valence-electron chi connectivity index (χ1n) is 11.2. The third-order valence-corrected chi connectivity index (χ3v) is 5.78. The fourth-order valence-corrected chi connectivity index (χ4v) is 3.90. The minimum atomic E-state index is -1.34. The van der Waals surface area contributed by atoms with E-state index in [2.05, 4.69) is 25.5 Å². The lowest BCUT2D eigenvalue weighted by Gasteiger charge is -2.18. The van der Waals surface area contributed by atoms with E-state index >= 15 is 0 Å². The largest absolute Gasteiger partial charge is 0.489 e. The molecule has 1 fully saturated rings. The van der Waals surface area contributed by atoms with Crippen molar-refractivity contribution in [3.8, 4) is 5.75 Å². The summed E-state index contributed by atoms with van der Waals surface area (Å²) in [5.74, 6) is 1.01. The van der Waals surface area contributed by atoms with Crippen LogP contribution in [-0.2, 0) is 11.3 Å². The molecule has 0 aliphatic carbocycles. The van der Waals surface area contributed by atoms with Crippen LogP contribution in [0.25, 0.3) is 11.2 Å². The predicted molar refractivity (Wildman–Crippen MR) is 131 cm³/mol. The van der Waals surface area contributed by atoms with Crippen LogP contribution in [0.2, 0.25) is 0 Å². The molecule has 3 heterocycles. The number of ether oxygens (including phenoxy) is 2. The zero-order valence-corrected chi connectivity index (χ0v) is 19.0. The third-order valence-electron chi connectivity index (χ3n) is 5.78. The molecule has 1 aliphatic rings. The molecule has 2 aromatic carbocycles. The number of hydrazone groups is 1. The average Bonchev–Trinajstić information content (AvgIpc) is 3.41. The molecular weight excluding hydrogens is 466 g/mol. The number of aromatic nitrogens is 4. The Morgan fingerprint density at radius 2 is 1.86 bits per heavy atom. The van der Waals surface area contributed by atoms with E-state index in [4.69, 9.17) is 15.2 Å². The number of nitrogen functional groups attached to an aromatic ring is 1. The maximum absolute atomic E-state index is 10.5. The number of hydrogen-bond acceptors (Lipinski definition) is 11. The fourth-order valence-electron chi connectivity index (χ4n) is 3.90. The summed E-state index contributed by atoms with van der Waals surface area (Å²) in [7, 11) is 0. The van der Waals surface area contributed by atoms with Gasteiger partial charge < -0.3 is 30.5 Å². The molecule has 0 amide bonds. The summed E-state index contributed by atoms with van der Waals surface area (Å²) in [5.41, 5.74) is 11.2. The van der Waals surface area contributed by atoms with Gasteiger partial charge in [-0.1, -0.05) is 30.3 Å². The van der Waals surface area contributed by atoms with Crippen molar-refractivity contribution in [3.63, 3.8) is 0 Å². The molecule has 2 aromatic heterocycles. The highest BCUT2D eigenvalue weighted by atomic mass is 16.6. The first-order chi connectivity index (χ1) is 17.5. The smallest absolute Gasteiger partial charge is 0.228 e. The van der Waals surface area contributed by atoms with Crippen LogP contribution >= 0.6 is 0 Å². The molecular formula is C24H25N7O5. The van der Waals surface area contributed by atoms with E-state index in [9.17, 15) is 15.3 Å². The van der Waals surface area contributed by atoms with E-state index in [0.29, 0.717) is 6.61 Å². The van der Waals surface area contributed by atoms with Gasteiger partial charge in [0, 0.05) is 0 Å². The van der Waals surface area contributed by atoms with E-state index in [1.807, 2.05) is 54.6 Å². The van der Waals surface area contributed by atoms with Crippen LogP contribution in [0.3, 0.4) is 0 Å². The van der Waals surface area contributed by atoms with Crippen LogP contribution in [0, 0.1) is 0 Å². The van der Waals surface area contributed by atoms with Gasteiger partial charge in [0.25, 0.3) is 0 Å². The Labute approximate surface area is 205 Å². The van der Waals surface area contributed by atoms with E-state index in [-0.39, 0.29) is 22.9 Å². The summed E-state index contributed by atoms with van der Waals surface area (Å²) in [6.07, 6.45) is -1.86. The lowest BCUT2D eigenvalue weighted by atomic mass is 10.1. The van der Waals surface area contributed by atoms with Gasteiger partial charge in [0.15, 0.2) is 23.2 Å². The van der Waals surface area contributed by atoms with Gasteiger partial charge >= 0.3 is 0 Å². The Kier molecular flexibility index (Phi) is 6.73. The zero-order valence-electron chi connectivity index (χ0n) is 19.0. The van der Waals surface area contributed by atoms with Crippen molar-refractivity contribution in [2.45, 2.75) is 31.1 Å². The molecule has 36 heavy (non-hydrogen) atoms. The van der Waals surface area contributed by atoms with Gasteiger partial charge in [0.2, 0.25) is 5.95 Å². The second kappa shape index (κ2) is 10.3. The standard InChI is InChI=1S/C24H25N7O5/c25-21-18-22(27-13-26-21)31(23-20(34)19(33)17(11-32)36-23)24(29-18)30-28-10-14-6-8-16(9-7-14)35-12-15-4-2-1-3-5-15/h1-10,13,17,19-20,23,32-34H,11-12H2,(H,29,30)(H2,25,26,27)/b28-10+/t17-,19-,20-,23-/m0/s1. The van der Waals surface area contributed by atoms with Crippen LogP contribution in [0.5, 0.6) is 5.75 Å². The SMILES string of the molecule is Nc1ncnc2c1nc(N/N=C/c1ccc(OCc3ccccc3)cc1)n2[C@H]1O[C@@H](CO)[C@H](O)[C@@H]1O. The van der Waals surface area contributed by atoms with Crippen LogP contribution in [0.15, 0.2) is 66.0 Å². The van der Waals surface area contributed by atoms with Gasteiger partial charge in [0.05, 0.1) is 12.8 Å². The Hall–Kier alpha value is -4.10. The van der Waals surface area contributed by atoms with Gasteiger partial charge in [-0.05, 0) is 35.4 Å². The predicted octanol–water partition coefficient (Wildman–Crippen LogP) is 1.04. The molecule has 5 rings (SSSR count). The summed E-state index contributed by atoms with van der Waals surface area (Å²) >= 11 is 0. The molecule has 4 atom stereocenters. The Morgan fingerprint density at radius 3 is 2.58 bits per heavy atom. The Balaban J connectivity index is 1.33. The van der Waals surface area contributed by atoms with Gasteiger partial charge in [-0.25, -0.2) is 20.4 Å². The van der Waals surface area contributed by atoms with E-state index in [1.54, 1.807) is 6.21 Å². The fraction of sp³-hybridized carbons (Fsp3) is 0.250. The first-order valence-corrected chi connectivity index (χ1v) is 11.2. The first kappa shape index (κ1) is 23.6. The molecule has 0 radical (unpaired) electrons. The molecule has 186 valence electrons. The minimum absolute atomic E-state index is 0.128. The van der Waals surface area contributed by atoms with Gasteiger partial charge in [-0.15, -0.1) is 0 Å². The summed E-state index contributed by atoms with van der Waals surface area (Å²) in [5, 5.41) is 34.4. The monoisotopic (exact) mass is 491 g/mol. The second-order valence-electron chi connectivity index (χ2n) is 8.18. The van der Waals surface area contributed by atoms with Crippen LogP contribution in [0.1, 0.15) is 17.4 Å². The Bertz CT molecular complexity index is 1350. The molecule has 0 unspecified atom stereocenters.